The van der Waals surface area contributed by atoms with Crippen LogP contribution in [-0.4, -0.2) is 42.9 Å². The molecule has 0 aliphatic heterocycles. The molecule has 1 aromatic rings. The number of amides is 2. The molecular formula is C18H27N3O2. The van der Waals surface area contributed by atoms with E-state index < -0.39 is 0 Å². The number of nitrogens with one attached hydrogen (secondary N) is 2. The van der Waals surface area contributed by atoms with Gasteiger partial charge in [0.25, 0.3) is 5.91 Å². The maximum atomic E-state index is 12.1. The van der Waals surface area contributed by atoms with Gasteiger partial charge in [0.15, 0.2) is 0 Å². The highest BCUT2D eigenvalue weighted by atomic mass is 16.2. The lowest BCUT2D eigenvalue weighted by molar-refractivity contribution is -0.122. The van der Waals surface area contributed by atoms with Crippen LogP contribution in [-0.2, 0) is 4.79 Å². The minimum absolute atomic E-state index is 0.0750. The number of anilines is 1. The number of benzene rings is 1. The summed E-state index contributed by atoms with van der Waals surface area (Å²) in [5.41, 5.74) is 1.37. The van der Waals surface area contributed by atoms with Gasteiger partial charge in [-0.25, -0.2) is 0 Å². The average Bonchev–Trinajstić information content (AvgIpc) is 2.50. The average molecular weight is 317 g/mol. The van der Waals surface area contributed by atoms with Crippen LogP contribution in [0.3, 0.4) is 0 Å². The predicted octanol–water partition coefficient (Wildman–Crippen LogP) is 2.50. The standard InChI is InChI=1S/C18H27N3O2/c1-3-21(4-2)13-12-19-17(22)15-8-10-16(11-9-15)20-18(23)14-6-5-7-14/h8-11,14H,3-7,12-13H2,1-2H3,(H,19,22)(H,20,23). The number of carbonyl (C=O) groups is 2. The summed E-state index contributed by atoms with van der Waals surface area (Å²) in [6.07, 6.45) is 3.11. The second kappa shape index (κ2) is 8.67. The molecule has 2 N–H and O–H groups in total. The molecule has 0 unspecified atom stereocenters. The number of nitrogens with zero attached hydrogens (tertiary/aromatic N) is 1. The van der Waals surface area contributed by atoms with Crippen molar-refractivity contribution in [1.82, 2.24) is 10.2 Å². The Labute approximate surface area is 138 Å². The molecule has 0 radical (unpaired) electrons. The summed E-state index contributed by atoms with van der Waals surface area (Å²) in [4.78, 5) is 26.2. The van der Waals surface area contributed by atoms with E-state index in [4.69, 9.17) is 0 Å². The van der Waals surface area contributed by atoms with Crippen molar-refractivity contribution in [3.05, 3.63) is 29.8 Å². The lowest BCUT2D eigenvalue weighted by Crippen LogP contribution is -2.34. The summed E-state index contributed by atoms with van der Waals surface area (Å²) in [5.74, 6) is 0.180. The Hall–Kier alpha value is -1.88. The first-order valence-electron chi connectivity index (χ1n) is 8.55. The highest BCUT2D eigenvalue weighted by Gasteiger charge is 2.25. The molecule has 0 aromatic heterocycles. The summed E-state index contributed by atoms with van der Waals surface area (Å²) in [6.45, 7) is 7.70. The van der Waals surface area contributed by atoms with Gasteiger partial charge in [0.1, 0.15) is 0 Å². The van der Waals surface area contributed by atoms with Crippen molar-refractivity contribution >= 4 is 17.5 Å². The van der Waals surface area contributed by atoms with E-state index in [1.807, 2.05) is 0 Å². The van der Waals surface area contributed by atoms with Gasteiger partial charge in [-0.05, 0) is 50.2 Å². The van der Waals surface area contributed by atoms with Gasteiger partial charge in [0, 0.05) is 30.3 Å². The van der Waals surface area contributed by atoms with Gasteiger partial charge in [-0.15, -0.1) is 0 Å². The molecule has 2 amide bonds. The molecule has 1 aliphatic rings. The molecule has 2 rings (SSSR count). The highest BCUT2D eigenvalue weighted by Crippen LogP contribution is 2.27. The number of hydrogen-bond acceptors (Lipinski definition) is 3. The normalized spacial score (nSPS) is 14.4. The third-order valence-electron chi connectivity index (χ3n) is 4.50. The van der Waals surface area contributed by atoms with E-state index in [0.717, 1.165) is 44.6 Å². The zero-order valence-electron chi connectivity index (χ0n) is 14.1. The Balaban J connectivity index is 1.79. The van der Waals surface area contributed by atoms with Gasteiger partial charge < -0.3 is 15.5 Å². The van der Waals surface area contributed by atoms with Crippen LogP contribution in [0.4, 0.5) is 5.69 Å². The largest absolute Gasteiger partial charge is 0.351 e. The molecule has 0 saturated heterocycles. The van der Waals surface area contributed by atoms with Gasteiger partial charge in [-0.2, -0.15) is 0 Å². The van der Waals surface area contributed by atoms with Gasteiger partial charge >= 0.3 is 0 Å². The van der Waals surface area contributed by atoms with Crippen molar-refractivity contribution in [2.45, 2.75) is 33.1 Å². The van der Waals surface area contributed by atoms with Crippen LogP contribution in [0.15, 0.2) is 24.3 Å². The lowest BCUT2D eigenvalue weighted by Gasteiger charge is -2.24. The first kappa shape index (κ1) is 17.5. The topological polar surface area (TPSA) is 61.4 Å². The van der Waals surface area contributed by atoms with Gasteiger partial charge in [-0.3, -0.25) is 9.59 Å². The van der Waals surface area contributed by atoms with Crippen molar-refractivity contribution in [2.75, 3.05) is 31.5 Å². The Morgan fingerprint density at radius 1 is 1.13 bits per heavy atom. The van der Waals surface area contributed by atoms with Crippen LogP contribution in [0.2, 0.25) is 0 Å². The zero-order chi connectivity index (χ0) is 16.7. The molecule has 0 bridgehead atoms. The summed E-state index contributed by atoms with van der Waals surface area (Å²) >= 11 is 0. The molecule has 0 spiro atoms. The highest BCUT2D eigenvalue weighted by molar-refractivity contribution is 5.96. The van der Waals surface area contributed by atoms with Crippen LogP contribution in [0.1, 0.15) is 43.5 Å². The van der Waals surface area contributed by atoms with Crippen molar-refractivity contribution in [2.24, 2.45) is 5.92 Å². The second-order valence-corrected chi connectivity index (χ2v) is 5.98. The second-order valence-electron chi connectivity index (χ2n) is 5.98. The van der Waals surface area contributed by atoms with Crippen molar-refractivity contribution in [3.63, 3.8) is 0 Å². The van der Waals surface area contributed by atoms with E-state index in [1.165, 1.54) is 0 Å². The Morgan fingerprint density at radius 3 is 2.30 bits per heavy atom. The number of likely N-dealkylation sites (N-methyl/N-ethyl adjacent to an activating group) is 1. The molecule has 126 valence electrons. The number of rotatable bonds is 8. The van der Waals surface area contributed by atoms with E-state index in [1.54, 1.807) is 24.3 Å². The molecule has 0 heterocycles. The summed E-state index contributed by atoms with van der Waals surface area (Å²) < 4.78 is 0. The summed E-state index contributed by atoms with van der Waals surface area (Å²) in [7, 11) is 0. The lowest BCUT2D eigenvalue weighted by atomic mass is 9.85. The Bertz CT molecular complexity index is 520. The SMILES string of the molecule is CCN(CC)CCNC(=O)c1ccc(NC(=O)C2CCC2)cc1. The van der Waals surface area contributed by atoms with Crippen molar-refractivity contribution in [3.8, 4) is 0 Å². The zero-order valence-corrected chi connectivity index (χ0v) is 14.1. The first-order valence-corrected chi connectivity index (χ1v) is 8.55. The molecule has 1 aromatic carbocycles. The molecule has 1 fully saturated rings. The van der Waals surface area contributed by atoms with Gasteiger partial charge in [0.2, 0.25) is 5.91 Å². The van der Waals surface area contributed by atoms with Crippen LogP contribution in [0.5, 0.6) is 0 Å². The number of hydrogen-bond donors (Lipinski definition) is 2. The van der Waals surface area contributed by atoms with Crippen molar-refractivity contribution in [1.29, 1.82) is 0 Å². The first-order chi connectivity index (χ1) is 11.1. The Kier molecular flexibility index (Phi) is 6.59. The van der Waals surface area contributed by atoms with E-state index in [9.17, 15) is 9.59 Å². The molecule has 1 saturated carbocycles. The molecule has 0 atom stereocenters. The maximum Gasteiger partial charge on any atom is 0.251 e. The van der Waals surface area contributed by atoms with Crippen LogP contribution >= 0.6 is 0 Å². The summed E-state index contributed by atoms with van der Waals surface area (Å²) in [5, 5.41) is 5.83. The van der Waals surface area contributed by atoms with Crippen molar-refractivity contribution < 1.29 is 9.59 Å². The number of carbonyl (C=O) groups excluding carboxylic acids is 2. The molecule has 23 heavy (non-hydrogen) atoms. The fourth-order valence-electron chi connectivity index (χ4n) is 2.59. The maximum absolute atomic E-state index is 12.1. The fraction of sp³-hybridized carbons (Fsp3) is 0.556. The van der Waals surface area contributed by atoms with E-state index >= 15 is 0 Å². The van der Waals surface area contributed by atoms with E-state index in [2.05, 4.69) is 29.4 Å². The van der Waals surface area contributed by atoms with E-state index in [-0.39, 0.29) is 17.7 Å². The third-order valence-corrected chi connectivity index (χ3v) is 4.50. The van der Waals surface area contributed by atoms with Gasteiger partial charge in [0.05, 0.1) is 0 Å². The quantitative estimate of drug-likeness (QED) is 0.774. The molecule has 5 heteroatoms. The minimum Gasteiger partial charge on any atom is -0.351 e. The molecule has 1 aliphatic carbocycles. The van der Waals surface area contributed by atoms with Gasteiger partial charge in [-0.1, -0.05) is 20.3 Å². The monoisotopic (exact) mass is 317 g/mol. The molecule has 5 nitrogen and oxygen atoms in total. The molecular weight excluding hydrogens is 290 g/mol. The van der Waals surface area contributed by atoms with E-state index in [0.29, 0.717) is 12.1 Å². The van der Waals surface area contributed by atoms with Crippen LogP contribution in [0.25, 0.3) is 0 Å². The Morgan fingerprint density at radius 2 is 1.78 bits per heavy atom. The van der Waals surface area contributed by atoms with Crippen LogP contribution < -0.4 is 10.6 Å². The predicted molar refractivity (Wildman–Crippen MR) is 92.5 cm³/mol. The smallest absolute Gasteiger partial charge is 0.251 e. The summed E-state index contributed by atoms with van der Waals surface area (Å²) in [6, 6.07) is 7.08. The minimum atomic E-state index is -0.0750. The fourth-order valence-corrected chi connectivity index (χ4v) is 2.59. The third kappa shape index (κ3) is 5.06. The van der Waals surface area contributed by atoms with Crippen LogP contribution in [0, 0.1) is 5.92 Å².